The van der Waals surface area contributed by atoms with Crippen LogP contribution in [0.1, 0.15) is 35.3 Å². The summed E-state index contributed by atoms with van der Waals surface area (Å²) in [4.78, 5) is 43.7. The summed E-state index contributed by atoms with van der Waals surface area (Å²) in [6.45, 7) is 3.54. The minimum atomic E-state index is -1.00. The highest BCUT2D eigenvalue weighted by molar-refractivity contribution is 6.51. The lowest BCUT2D eigenvalue weighted by molar-refractivity contribution is -0.142. The Hall–Kier alpha value is -4.33. The fraction of sp³-hybridized carbons (Fsp3) is 0.185. The summed E-state index contributed by atoms with van der Waals surface area (Å²) in [7, 11) is 0. The van der Waals surface area contributed by atoms with Gasteiger partial charge in [-0.25, -0.2) is 4.39 Å². The average Bonchev–Trinajstić information content (AvgIpc) is 3.12. The molecular weight excluding hydrogens is 451 g/mol. The van der Waals surface area contributed by atoms with Crippen molar-refractivity contribution in [2.45, 2.75) is 26.3 Å². The molecular formula is C27H23FN2O5. The van der Waals surface area contributed by atoms with E-state index >= 15 is 0 Å². The van der Waals surface area contributed by atoms with Crippen LogP contribution in [0.25, 0.3) is 5.76 Å². The Morgan fingerprint density at radius 3 is 2.49 bits per heavy atom. The zero-order valence-electron chi connectivity index (χ0n) is 19.2. The van der Waals surface area contributed by atoms with Crippen molar-refractivity contribution < 1.29 is 28.6 Å². The van der Waals surface area contributed by atoms with Gasteiger partial charge in [-0.3, -0.25) is 24.3 Å². The number of ether oxygens (including phenoxy) is 1. The van der Waals surface area contributed by atoms with Gasteiger partial charge in [0.25, 0.3) is 11.7 Å². The summed E-state index contributed by atoms with van der Waals surface area (Å²) in [5.74, 6) is -2.95. The molecule has 0 bridgehead atoms. The molecule has 0 saturated carbocycles. The van der Waals surface area contributed by atoms with E-state index in [9.17, 15) is 23.9 Å². The molecule has 8 heteroatoms. The predicted octanol–water partition coefficient (Wildman–Crippen LogP) is 4.26. The van der Waals surface area contributed by atoms with Gasteiger partial charge in [-0.1, -0.05) is 18.2 Å². The lowest BCUT2D eigenvalue weighted by Gasteiger charge is -2.24. The standard InChI is InChI=1S/C27H23FN2O5/c1-3-35-22(31)15-17-7-10-19(11-8-17)30-24(21-6-4-5-13-29-21)23(26(33)27(30)34)25(32)18-9-12-20(28)16(2)14-18/h4-14,24,32H,3,15H2,1-2H3/b25-23-. The summed E-state index contributed by atoms with van der Waals surface area (Å²) in [6, 6.07) is 14.6. The van der Waals surface area contributed by atoms with Crippen molar-refractivity contribution in [2.24, 2.45) is 0 Å². The summed E-state index contributed by atoms with van der Waals surface area (Å²) < 4.78 is 18.8. The van der Waals surface area contributed by atoms with E-state index in [0.29, 0.717) is 16.9 Å². The topological polar surface area (TPSA) is 96.8 Å². The molecule has 178 valence electrons. The molecule has 0 aliphatic carbocycles. The number of nitrogens with zero attached hydrogens (tertiary/aromatic N) is 2. The number of aliphatic hydroxyl groups is 1. The van der Waals surface area contributed by atoms with E-state index in [1.54, 1.807) is 56.3 Å². The molecule has 35 heavy (non-hydrogen) atoms. The number of Topliss-reactive ketones (excluding diaryl/α,β-unsaturated/α-hetero) is 1. The number of esters is 1. The maximum absolute atomic E-state index is 13.8. The second-order valence-corrected chi connectivity index (χ2v) is 8.04. The number of anilines is 1. The summed E-state index contributed by atoms with van der Waals surface area (Å²) >= 11 is 0. The summed E-state index contributed by atoms with van der Waals surface area (Å²) in [6.07, 6.45) is 1.60. The van der Waals surface area contributed by atoms with E-state index in [1.807, 2.05) is 0 Å². The zero-order valence-corrected chi connectivity index (χ0v) is 19.2. The fourth-order valence-corrected chi connectivity index (χ4v) is 4.02. The average molecular weight is 474 g/mol. The highest BCUT2D eigenvalue weighted by Gasteiger charge is 2.47. The second-order valence-electron chi connectivity index (χ2n) is 8.04. The third-order valence-corrected chi connectivity index (χ3v) is 5.71. The second kappa shape index (κ2) is 9.89. The van der Waals surface area contributed by atoms with Gasteiger partial charge in [0.1, 0.15) is 17.6 Å². The van der Waals surface area contributed by atoms with Gasteiger partial charge in [-0.2, -0.15) is 0 Å². The molecule has 1 atom stereocenters. The number of carbonyl (C=O) groups excluding carboxylic acids is 3. The monoisotopic (exact) mass is 474 g/mol. The number of aryl methyl sites for hydroxylation is 1. The van der Waals surface area contributed by atoms with Crippen LogP contribution in [0.5, 0.6) is 0 Å². The number of pyridine rings is 1. The number of hydrogen-bond donors (Lipinski definition) is 1. The maximum Gasteiger partial charge on any atom is 0.310 e. The zero-order chi connectivity index (χ0) is 25.1. The number of benzene rings is 2. The van der Waals surface area contributed by atoms with Gasteiger partial charge in [0.15, 0.2) is 0 Å². The molecule has 3 aromatic rings. The number of aromatic nitrogens is 1. The number of amides is 1. The number of hydrogen-bond acceptors (Lipinski definition) is 6. The molecule has 1 amide bonds. The van der Waals surface area contributed by atoms with Crippen molar-refractivity contribution in [2.75, 3.05) is 11.5 Å². The Morgan fingerprint density at radius 1 is 1.11 bits per heavy atom. The van der Waals surface area contributed by atoms with Crippen LogP contribution in [-0.2, 0) is 25.5 Å². The van der Waals surface area contributed by atoms with Crippen LogP contribution in [0, 0.1) is 12.7 Å². The van der Waals surface area contributed by atoms with Crippen molar-refractivity contribution in [3.8, 4) is 0 Å². The van der Waals surface area contributed by atoms with Gasteiger partial charge in [0.05, 0.1) is 24.3 Å². The van der Waals surface area contributed by atoms with Gasteiger partial charge < -0.3 is 9.84 Å². The van der Waals surface area contributed by atoms with E-state index in [4.69, 9.17) is 4.74 Å². The van der Waals surface area contributed by atoms with Crippen LogP contribution in [0.15, 0.2) is 72.4 Å². The van der Waals surface area contributed by atoms with Gasteiger partial charge in [0, 0.05) is 17.4 Å². The fourth-order valence-electron chi connectivity index (χ4n) is 4.02. The molecule has 2 heterocycles. The third-order valence-electron chi connectivity index (χ3n) is 5.71. The first kappa shape index (κ1) is 23.8. The number of rotatable bonds is 6. The SMILES string of the molecule is CCOC(=O)Cc1ccc(N2C(=O)C(=O)/C(=C(\O)c3ccc(F)c(C)c3)C2c2ccccn2)cc1. The summed E-state index contributed by atoms with van der Waals surface area (Å²) in [5.41, 5.74) is 1.81. The molecule has 0 radical (unpaired) electrons. The molecule has 1 N–H and O–H groups in total. The highest BCUT2D eigenvalue weighted by atomic mass is 19.1. The van der Waals surface area contributed by atoms with E-state index < -0.39 is 29.3 Å². The van der Waals surface area contributed by atoms with E-state index in [-0.39, 0.29) is 35.7 Å². The first-order valence-corrected chi connectivity index (χ1v) is 11.0. The lowest BCUT2D eigenvalue weighted by Crippen LogP contribution is -2.29. The Balaban J connectivity index is 1.80. The highest BCUT2D eigenvalue weighted by Crippen LogP contribution is 2.41. The van der Waals surface area contributed by atoms with Crippen LogP contribution in [0.2, 0.25) is 0 Å². The van der Waals surface area contributed by atoms with E-state index in [1.165, 1.54) is 29.3 Å². The quantitative estimate of drug-likeness (QED) is 0.248. The minimum Gasteiger partial charge on any atom is -0.507 e. The van der Waals surface area contributed by atoms with Crippen LogP contribution in [0.3, 0.4) is 0 Å². The first-order chi connectivity index (χ1) is 16.8. The normalized spacial score (nSPS) is 17.0. The Bertz CT molecular complexity index is 1320. The number of carbonyl (C=O) groups is 3. The molecule has 0 spiro atoms. The lowest BCUT2D eigenvalue weighted by atomic mass is 9.97. The molecule has 1 aliphatic heterocycles. The Morgan fingerprint density at radius 2 is 1.86 bits per heavy atom. The molecule has 2 aromatic carbocycles. The molecule has 1 saturated heterocycles. The van der Waals surface area contributed by atoms with Crippen LogP contribution >= 0.6 is 0 Å². The van der Waals surface area contributed by atoms with E-state index in [2.05, 4.69) is 4.98 Å². The van der Waals surface area contributed by atoms with Gasteiger partial charge in [0.2, 0.25) is 0 Å². The number of aliphatic hydroxyl groups excluding tert-OH is 1. The van der Waals surface area contributed by atoms with Crippen molar-refractivity contribution >= 4 is 29.1 Å². The van der Waals surface area contributed by atoms with Crippen LogP contribution in [0.4, 0.5) is 10.1 Å². The third kappa shape index (κ3) is 4.68. The number of ketones is 1. The van der Waals surface area contributed by atoms with Gasteiger partial charge >= 0.3 is 5.97 Å². The first-order valence-electron chi connectivity index (χ1n) is 11.0. The molecule has 1 fully saturated rings. The van der Waals surface area contributed by atoms with Crippen LogP contribution < -0.4 is 4.90 Å². The Labute approximate surface area is 201 Å². The molecule has 1 aliphatic rings. The smallest absolute Gasteiger partial charge is 0.310 e. The van der Waals surface area contributed by atoms with Crippen molar-refractivity contribution in [3.05, 3.63) is 101 Å². The van der Waals surface area contributed by atoms with Crippen molar-refractivity contribution in [3.63, 3.8) is 0 Å². The number of halogens is 1. The van der Waals surface area contributed by atoms with E-state index in [0.717, 1.165) is 0 Å². The molecule has 1 unspecified atom stereocenters. The van der Waals surface area contributed by atoms with Gasteiger partial charge in [-0.05, 0) is 67.4 Å². The summed E-state index contributed by atoms with van der Waals surface area (Å²) in [5, 5.41) is 11.1. The molecule has 7 nitrogen and oxygen atoms in total. The predicted molar refractivity (Wildman–Crippen MR) is 127 cm³/mol. The Kier molecular flexibility index (Phi) is 6.73. The maximum atomic E-state index is 13.8. The van der Waals surface area contributed by atoms with Crippen molar-refractivity contribution in [1.82, 2.24) is 4.98 Å². The van der Waals surface area contributed by atoms with Crippen molar-refractivity contribution in [1.29, 1.82) is 0 Å². The molecule has 1 aromatic heterocycles. The van der Waals surface area contributed by atoms with Crippen LogP contribution in [-0.4, -0.2) is 34.4 Å². The van der Waals surface area contributed by atoms with Gasteiger partial charge in [-0.15, -0.1) is 0 Å². The largest absolute Gasteiger partial charge is 0.507 e. The minimum absolute atomic E-state index is 0.0700. The molecule has 4 rings (SSSR count).